The molecule has 0 aliphatic carbocycles. The average Bonchev–Trinajstić information content (AvgIpc) is 2.53. The monoisotopic (exact) mass is 338 g/mol. The van der Waals surface area contributed by atoms with Gasteiger partial charge in [0.2, 0.25) is 5.91 Å². The molecule has 1 heterocycles. The minimum Gasteiger partial charge on any atom is -0.393 e. The topological polar surface area (TPSA) is 52.6 Å². The number of benzene rings is 1. The number of hydrogen-bond acceptors (Lipinski definition) is 3. The van der Waals surface area contributed by atoms with E-state index < -0.39 is 11.6 Å². The number of halogens is 2. The molecule has 0 saturated carbocycles. The highest BCUT2D eigenvalue weighted by Gasteiger charge is 2.16. The first-order valence-corrected chi connectivity index (χ1v) is 8.27. The largest absolute Gasteiger partial charge is 0.393 e. The summed E-state index contributed by atoms with van der Waals surface area (Å²) >= 11 is 0. The fraction of sp³-hybridized carbons (Fsp3) is 0.500. The number of likely N-dealkylation sites (tertiary alicyclic amines) is 1. The Labute approximate surface area is 141 Å². The zero-order valence-corrected chi connectivity index (χ0v) is 13.9. The third kappa shape index (κ3) is 5.69. The van der Waals surface area contributed by atoms with Gasteiger partial charge >= 0.3 is 0 Å². The molecular weight excluding hydrogens is 314 g/mol. The van der Waals surface area contributed by atoms with E-state index in [1.165, 1.54) is 18.2 Å². The molecule has 0 aromatic heterocycles. The van der Waals surface area contributed by atoms with Crippen LogP contribution in [0.25, 0.3) is 5.57 Å². The normalized spacial score (nSPS) is 17.1. The summed E-state index contributed by atoms with van der Waals surface area (Å²) in [5.74, 6) is -1.60. The van der Waals surface area contributed by atoms with E-state index in [4.69, 9.17) is 0 Å². The Morgan fingerprint density at radius 1 is 1.38 bits per heavy atom. The Kier molecular flexibility index (Phi) is 6.87. The first kappa shape index (κ1) is 18.5. The molecule has 24 heavy (non-hydrogen) atoms. The van der Waals surface area contributed by atoms with Crippen LogP contribution in [0.3, 0.4) is 0 Å². The summed E-state index contributed by atoms with van der Waals surface area (Å²) in [5, 5.41) is 12.2. The molecule has 1 aliphatic heterocycles. The quantitative estimate of drug-likeness (QED) is 0.618. The Balaban J connectivity index is 1.74. The molecule has 132 valence electrons. The van der Waals surface area contributed by atoms with Crippen molar-refractivity contribution in [1.82, 2.24) is 10.2 Å². The van der Waals surface area contributed by atoms with Gasteiger partial charge in [0.1, 0.15) is 11.6 Å². The van der Waals surface area contributed by atoms with Crippen molar-refractivity contribution in [3.8, 4) is 0 Å². The van der Waals surface area contributed by atoms with E-state index in [9.17, 15) is 18.7 Å². The molecule has 4 nitrogen and oxygen atoms in total. The molecule has 1 aromatic carbocycles. The van der Waals surface area contributed by atoms with Crippen molar-refractivity contribution in [3.05, 3.63) is 41.5 Å². The first-order chi connectivity index (χ1) is 11.5. The minimum atomic E-state index is -0.677. The van der Waals surface area contributed by atoms with Gasteiger partial charge in [-0.3, -0.25) is 4.79 Å². The van der Waals surface area contributed by atoms with E-state index in [2.05, 4.69) is 10.2 Å². The molecule has 0 atom stereocenters. The Hall–Kier alpha value is -1.79. The number of carbonyl (C=O) groups is 1. The van der Waals surface area contributed by atoms with Gasteiger partial charge in [0.15, 0.2) is 0 Å². The second-order valence-electron chi connectivity index (χ2n) is 6.17. The lowest BCUT2D eigenvalue weighted by atomic mass is 10.1. The second kappa shape index (κ2) is 8.89. The molecule has 0 bridgehead atoms. The van der Waals surface area contributed by atoms with Crippen LogP contribution in [-0.4, -0.2) is 48.2 Å². The number of piperidine rings is 1. The van der Waals surface area contributed by atoms with Crippen LogP contribution in [0.1, 0.15) is 31.7 Å². The van der Waals surface area contributed by atoms with Crippen LogP contribution in [-0.2, 0) is 4.79 Å². The SMILES string of the molecule is CC(=CC(=O)NCCCN1CCC(O)CC1)c1ccc(F)cc1F. The zero-order valence-electron chi connectivity index (χ0n) is 13.9. The van der Waals surface area contributed by atoms with E-state index in [1.54, 1.807) is 6.92 Å². The van der Waals surface area contributed by atoms with Gasteiger partial charge in [-0.1, -0.05) is 0 Å². The van der Waals surface area contributed by atoms with Crippen molar-refractivity contribution in [3.63, 3.8) is 0 Å². The highest BCUT2D eigenvalue weighted by Crippen LogP contribution is 2.18. The summed E-state index contributed by atoms with van der Waals surface area (Å²) in [4.78, 5) is 14.1. The van der Waals surface area contributed by atoms with Crippen LogP contribution < -0.4 is 5.32 Å². The standard InChI is InChI=1S/C18H24F2N2O2/c1-13(16-4-3-14(19)12-17(16)20)11-18(24)21-7-2-8-22-9-5-15(23)6-10-22/h3-4,11-12,15,23H,2,5-10H2,1H3,(H,21,24). The number of rotatable bonds is 6. The number of hydrogen-bond donors (Lipinski definition) is 2. The number of amides is 1. The number of allylic oxidation sites excluding steroid dienone is 1. The molecule has 1 aliphatic rings. The van der Waals surface area contributed by atoms with Crippen LogP contribution in [0.2, 0.25) is 0 Å². The zero-order chi connectivity index (χ0) is 17.5. The lowest BCUT2D eigenvalue weighted by Gasteiger charge is -2.29. The molecule has 2 rings (SSSR count). The van der Waals surface area contributed by atoms with Crippen molar-refractivity contribution in [2.75, 3.05) is 26.2 Å². The van der Waals surface area contributed by atoms with Crippen LogP contribution in [0.4, 0.5) is 8.78 Å². The summed E-state index contributed by atoms with van der Waals surface area (Å²) in [5.41, 5.74) is 0.674. The van der Waals surface area contributed by atoms with E-state index in [1.807, 2.05) is 0 Å². The third-order valence-corrected chi connectivity index (χ3v) is 4.21. The van der Waals surface area contributed by atoms with Gasteiger partial charge in [0, 0.05) is 37.3 Å². The molecule has 0 unspecified atom stereocenters. The summed E-state index contributed by atoms with van der Waals surface area (Å²) in [6, 6.07) is 3.30. The minimum absolute atomic E-state index is 0.180. The Bertz CT molecular complexity index is 597. The van der Waals surface area contributed by atoms with Crippen LogP contribution in [0, 0.1) is 11.6 Å². The van der Waals surface area contributed by atoms with Crippen molar-refractivity contribution in [2.45, 2.75) is 32.3 Å². The first-order valence-electron chi connectivity index (χ1n) is 8.27. The molecule has 2 N–H and O–H groups in total. The molecule has 1 saturated heterocycles. The lowest BCUT2D eigenvalue weighted by molar-refractivity contribution is -0.116. The molecule has 0 spiro atoms. The van der Waals surface area contributed by atoms with E-state index in [0.29, 0.717) is 12.1 Å². The maximum Gasteiger partial charge on any atom is 0.244 e. The van der Waals surface area contributed by atoms with Gasteiger partial charge in [-0.05, 0) is 50.4 Å². The highest BCUT2D eigenvalue weighted by molar-refractivity contribution is 5.94. The molecule has 1 amide bonds. The summed E-state index contributed by atoms with van der Waals surface area (Å²) in [6.07, 6.45) is 3.57. The second-order valence-corrected chi connectivity index (χ2v) is 6.17. The number of nitrogens with one attached hydrogen (secondary N) is 1. The number of carbonyl (C=O) groups excluding carboxylic acids is 1. The van der Waals surface area contributed by atoms with Gasteiger partial charge in [0.25, 0.3) is 0 Å². The average molecular weight is 338 g/mol. The van der Waals surface area contributed by atoms with Crippen molar-refractivity contribution >= 4 is 11.5 Å². The highest BCUT2D eigenvalue weighted by atomic mass is 19.1. The maximum atomic E-state index is 13.7. The smallest absolute Gasteiger partial charge is 0.244 e. The van der Waals surface area contributed by atoms with Gasteiger partial charge < -0.3 is 15.3 Å². The summed E-state index contributed by atoms with van der Waals surface area (Å²) in [7, 11) is 0. The van der Waals surface area contributed by atoms with Crippen LogP contribution in [0.15, 0.2) is 24.3 Å². The molecule has 0 radical (unpaired) electrons. The predicted octanol–water partition coefficient (Wildman–Crippen LogP) is 2.33. The maximum absolute atomic E-state index is 13.7. The van der Waals surface area contributed by atoms with E-state index in [-0.39, 0.29) is 17.6 Å². The number of nitrogens with zero attached hydrogens (tertiary/aromatic N) is 1. The van der Waals surface area contributed by atoms with Gasteiger partial charge in [0.05, 0.1) is 6.10 Å². The van der Waals surface area contributed by atoms with Gasteiger partial charge in [-0.15, -0.1) is 0 Å². The third-order valence-electron chi connectivity index (χ3n) is 4.21. The molecule has 6 heteroatoms. The molecular formula is C18H24F2N2O2. The van der Waals surface area contributed by atoms with Crippen molar-refractivity contribution < 1.29 is 18.7 Å². The van der Waals surface area contributed by atoms with Gasteiger partial charge in [-0.2, -0.15) is 0 Å². The fourth-order valence-corrected chi connectivity index (χ4v) is 2.79. The number of aliphatic hydroxyl groups is 1. The summed E-state index contributed by atoms with van der Waals surface area (Å²) in [6.45, 7) is 4.81. The molecule has 1 aromatic rings. The van der Waals surface area contributed by atoms with Crippen LogP contribution in [0.5, 0.6) is 0 Å². The fourth-order valence-electron chi connectivity index (χ4n) is 2.79. The van der Waals surface area contributed by atoms with Gasteiger partial charge in [-0.25, -0.2) is 8.78 Å². The van der Waals surface area contributed by atoms with E-state index in [0.717, 1.165) is 45.0 Å². The lowest BCUT2D eigenvalue weighted by Crippen LogP contribution is -2.37. The Morgan fingerprint density at radius 2 is 2.08 bits per heavy atom. The number of aliphatic hydroxyl groups excluding tert-OH is 1. The predicted molar refractivity (Wildman–Crippen MR) is 89.3 cm³/mol. The van der Waals surface area contributed by atoms with Crippen molar-refractivity contribution in [2.24, 2.45) is 0 Å². The summed E-state index contributed by atoms with van der Waals surface area (Å²) < 4.78 is 26.6. The van der Waals surface area contributed by atoms with Crippen molar-refractivity contribution in [1.29, 1.82) is 0 Å². The Morgan fingerprint density at radius 3 is 2.75 bits per heavy atom. The molecule has 1 fully saturated rings. The van der Waals surface area contributed by atoms with E-state index >= 15 is 0 Å². The van der Waals surface area contributed by atoms with Crippen LogP contribution >= 0.6 is 0 Å².